The second-order valence-electron chi connectivity index (χ2n) is 9.19. The fourth-order valence-electron chi connectivity index (χ4n) is 4.08. The van der Waals surface area contributed by atoms with E-state index in [9.17, 15) is 18.0 Å². The van der Waals surface area contributed by atoms with Crippen molar-refractivity contribution in [1.29, 1.82) is 0 Å². The van der Waals surface area contributed by atoms with Crippen molar-refractivity contribution in [1.82, 2.24) is 25.1 Å². The molecular formula is C25H24F3N7O3. The highest BCUT2D eigenvalue weighted by atomic mass is 19.4. The van der Waals surface area contributed by atoms with Gasteiger partial charge in [0.05, 0.1) is 18.1 Å². The molecule has 10 nitrogen and oxygen atoms in total. The maximum Gasteiger partial charge on any atom is 0.452 e. The van der Waals surface area contributed by atoms with Crippen molar-refractivity contribution in [3.05, 3.63) is 65.9 Å². The van der Waals surface area contributed by atoms with Crippen LogP contribution >= 0.6 is 0 Å². The van der Waals surface area contributed by atoms with Crippen LogP contribution in [0.25, 0.3) is 11.5 Å². The van der Waals surface area contributed by atoms with Gasteiger partial charge in [-0.15, -0.1) is 0 Å². The summed E-state index contributed by atoms with van der Waals surface area (Å²) in [6.07, 6.45) is -0.679. The summed E-state index contributed by atoms with van der Waals surface area (Å²) in [6, 6.07) is 8.03. The standard InChI is InChI=1S/C25H24F3N7O3/c1-14(2)20-33-23(38-34-20)16-8-10-35(11-9-16)24-29-12-17(13-30-24)31-21(36)18-19(25(26,27)28)37-22(32-18)15-6-4-3-5-7-15/h3-7,12-14,16H,8-11H2,1-2H3,(H,31,36). The molecule has 1 aliphatic heterocycles. The Morgan fingerprint density at radius 3 is 2.37 bits per heavy atom. The Balaban J connectivity index is 1.24. The van der Waals surface area contributed by atoms with E-state index in [2.05, 4.69) is 30.4 Å². The van der Waals surface area contributed by atoms with Gasteiger partial charge in [0.2, 0.25) is 23.5 Å². The molecule has 4 heterocycles. The molecule has 1 amide bonds. The third-order valence-corrected chi connectivity index (χ3v) is 6.12. The van der Waals surface area contributed by atoms with Crippen LogP contribution in [0.2, 0.25) is 0 Å². The minimum atomic E-state index is -4.91. The van der Waals surface area contributed by atoms with Crippen molar-refractivity contribution < 1.29 is 26.9 Å². The number of benzene rings is 1. The van der Waals surface area contributed by atoms with Crippen LogP contribution in [0, 0.1) is 0 Å². The summed E-state index contributed by atoms with van der Waals surface area (Å²) in [5.41, 5.74) is -0.435. The van der Waals surface area contributed by atoms with E-state index < -0.39 is 23.5 Å². The van der Waals surface area contributed by atoms with Crippen LogP contribution in [0.4, 0.5) is 24.8 Å². The molecule has 0 atom stereocenters. The number of rotatable bonds is 6. The summed E-state index contributed by atoms with van der Waals surface area (Å²) in [5.74, 6) is -0.762. The molecule has 13 heteroatoms. The number of nitrogens with one attached hydrogen (secondary N) is 1. The maximum absolute atomic E-state index is 13.6. The van der Waals surface area contributed by atoms with Crippen molar-refractivity contribution >= 4 is 17.5 Å². The van der Waals surface area contributed by atoms with Crippen LogP contribution in [-0.4, -0.2) is 44.1 Å². The number of anilines is 2. The zero-order chi connectivity index (χ0) is 26.9. The Kier molecular flexibility index (Phi) is 6.83. The summed E-state index contributed by atoms with van der Waals surface area (Å²) in [4.78, 5) is 31.5. The molecule has 1 N–H and O–H groups in total. The molecule has 3 aromatic heterocycles. The molecule has 0 unspecified atom stereocenters. The lowest BCUT2D eigenvalue weighted by molar-refractivity contribution is -0.153. The fourth-order valence-corrected chi connectivity index (χ4v) is 4.08. The van der Waals surface area contributed by atoms with Crippen molar-refractivity contribution in [3.63, 3.8) is 0 Å². The number of alkyl halides is 3. The summed E-state index contributed by atoms with van der Waals surface area (Å²) >= 11 is 0. The first-order valence-corrected chi connectivity index (χ1v) is 12.0. The number of aromatic nitrogens is 5. The predicted octanol–water partition coefficient (Wildman–Crippen LogP) is 5.29. The summed E-state index contributed by atoms with van der Waals surface area (Å²) in [7, 11) is 0. The highest BCUT2D eigenvalue weighted by Gasteiger charge is 2.42. The maximum atomic E-state index is 13.6. The Bertz CT molecular complexity index is 1390. The predicted molar refractivity (Wildman–Crippen MR) is 130 cm³/mol. The molecule has 1 saturated heterocycles. The van der Waals surface area contributed by atoms with E-state index in [0.29, 0.717) is 36.3 Å². The Morgan fingerprint density at radius 1 is 1.08 bits per heavy atom. The topological polar surface area (TPSA) is 123 Å². The van der Waals surface area contributed by atoms with E-state index in [-0.39, 0.29) is 23.4 Å². The Morgan fingerprint density at radius 2 is 1.76 bits per heavy atom. The molecule has 1 aromatic carbocycles. The fraction of sp³-hybridized carbons (Fsp3) is 0.360. The van der Waals surface area contributed by atoms with Gasteiger partial charge in [-0.2, -0.15) is 18.2 Å². The number of nitrogens with zero attached hydrogens (tertiary/aromatic N) is 6. The van der Waals surface area contributed by atoms with E-state index in [0.717, 1.165) is 12.8 Å². The summed E-state index contributed by atoms with van der Waals surface area (Å²) in [6.45, 7) is 5.32. The SMILES string of the molecule is CC(C)c1noc(C2CCN(c3ncc(NC(=O)c4nc(-c5ccccc5)oc4C(F)(F)F)cn3)CC2)n1. The average Bonchev–Trinajstić information content (AvgIpc) is 3.59. The minimum Gasteiger partial charge on any atom is -0.431 e. The van der Waals surface area contributed by atoms with E-state index in [4.69, 9.17) is 8.94 Å². The zero-order valence-corrected chi connectivity index (χ0v) is 20.6. The molecule has 1 aliphatic rings. The lowest BCUT2D eigenvalue weighted by Crippen LogP contribution is -2.34. The molecule has 5 rings (SSSR count). The lowest BCUT2D eigenvalue weighted by Gasteiger charge is -2.30. The zero-order valence-electron chi connectivity index (χ0n) is 20.6. The van der Waals surface area contributed by atoms with Crippen LogP contribution < -0.4 is 10.2 Å². The largest absolute Gasteiger partial charge is 0.452 e. The number of carbonyl (C=O) groups excluding carboxylic acids is 1. The van der Waals surface area contributed by atoms with Gasteiger partial charge in [0.1, 0.15) is 0 Å². The van der Waals surface area contributed by atoms with Crippen molar-refractivity contribution in [2.24, 2.45) is 0 Å². The van der Waals surface area contributed by atoms with Gasteiger partial charge < -0.3 is 19.2 Å². The van der Waals surface area contributed by atoms with Gasteiger partial charge in [0, 0.05) is 30.5 Å². The minimum absolute atomic E-state index is 0.123. The second-order valence-corrected chi connectivity index (χ2v) is 9.19. The third-order valence-electron chi connectivity index (χ3n) is 6.12. The summed E-state index contributed by atoms with van der Waals surface area (Å²) < 4.78 is 51.0. The van der Waals surface area contributed by atoms with Crippen LogP contribution in [0.15, 0.2) is 51.7 Å². The van der Waals surface area contributed by atoms with Crippen molar-refractivity contribution in [2.45, 2.75) is 44.7 Å². The molecule has 38 heavy (non-hydrogen) atoms. The van der Waals surface area contributed by atoms with Gasteiger partial charge in [-0.05, 0) is 25.0 Å². The highest BCUT2D eigenvalue weighted by molar-refractivity contribution is 6.03. The van der Waals surface area contributed by atoms with Gasteiger partial charge in [-0.1, -0.05) is 37.2 Å². The Labute approximate surface area is 215 Å². The molecule has 0 radical (unpaired) electrons. The molecular weight excluding hydrogens is 503 g/mol. The first kappa shape index (κ1) is 25.4. The molecule has 198 valence electrons. The summed E-state index contributed by atoms with van der Waals surface area (Å²) in [5, 5.41) is 6.40. The van der Waals surface area contributed by atoms with Gasteiger partial charge in [-0.25, -0.2) is 15.0 Å². The van der Waals surface area contributed by atoms with Gasteiger partial charge >= 0.3 is 6.18 Å². The van der Waals surface area contributed by atoms with Crippen molar-refractivity contribution in [2.75, 3.05) is 23.3 Å². The quantitative estimate of drug-likeness (QED) is 0.356. The number of piperidine rings is 1. The van der Waals surface area contributed by atoms with Gasteiger partial charge in [0.15, 0.2) is 11.5 Å². The Hall–Kier alpha value is -4.29. The van der Waals surface area contributed by atoms with E-state index in [1.54, 1.807) is 18.2 Å². The lowest BCUT2D eigenvalue weighted by atomic mass is 9.97. The van der Waals surface area contributed by atoms with Gasteiger partial charge in [-0.3, -0.25) is 4.79 Å². The van der Waals surface area contributed by atoms with Crippen LogP contribution in [0.1, 0.15) is 66.5 Å². The first-order chi connectivity index (χ1) is 18.2. The number of hydrogen-bond donors (Lipinski definition) is 1. The van der Waals surface area contributed by atoms with Crippen molar-refractivity contribution in [3.8, 4) is 11.5 Å². The van der Waals surface area contributed by atoms with E-state index in [1.807, 2.05) is 18.7 Å². The highest BCUT2D eigenvalue weighted by Crippen LogP contribution is 2.35. The smallest absolute Gasteiger partial charge is 0.431 e. The molecule has 0 saturated carbocycles. The number of halogens is 3. The number of carbonyl (C=O) groups is 1. The number of hydrogen-bond acceptors (Lipinski definition) is 9. The van der Waals surface area contributed by atoms with Crippen LogP contribution in [0.3, 0.4) is 0 Å². The van der Waals surface area contributed by atoms with Crippen LogP contribution in [-0.2, 0) is 6.18 Å². The first-order valence-electron chi connectivity index (χ1n) is 12.0. The molecule has 0 spiro atoms. The molecule has 0 aliphatic carbocycles. The van der Waals surface area contributed by atoms with Crippen LogP contribution in [0.5, 0.6) is 0 Å². The normalized spacial score (nSPS) is 14.7. The van der Waals surface area contributed by atoms with E-state index in [1.165, 1.54) is 24.5 Å². The molecule has 1 fully saturated rings. The second kappa shape index (κ2) is 10.2. The molecule has 0 bridgehead atoms. The van der Waals surface area contributed by atoms with Gasteiger partial charge in [0.25, 0.3) is 5.91 Å². The molecule has 4 aromatic rings. The number of amides is 1. The average molecular weight is 528 g/mol. The number of oxazole rings is 1. The monoisotopic (exact) mass is 527 g/mol. The third kappa shape index (κ3) is 5.36. The van der Waals surface area contributed by atoms with E-state index >= 15 is 0 Å².